The summed E-state index contributed by atoms with van der Waals surface area (Å²) in [6.07, 6.45) is 0. The number of aryl methyl sites for hydroxylation is 1. The number of aromatic nitrogens is 2. The topological polar surface area (TPSA) is 55.1 Å². The Labute approximate surface area is 87.2 Å². The molecular weight excluding hydrogens is 192 g/mol. The van der Waals surface area contributed by atoms with Gasteiger partial charge in [-0.15, -0.1) is 0 Å². The van der Waals surface area contributed by atoms with E-state index in [1.165, 1.54) is 6.92 Å². The number of benzene rings is 1. The number of carbonyl (C=O) groups excluding carboxylic acids is 1. The molecule has 0 bridgehead atoms. The van der Waals surface area contributed by atoms with E-state index in [4.69, 9.17) is 5.11 Å². The highest BCUT2D eigenvalue weighted by Crippen LogP contribution is 2.17. The molecule has 0 saturated carbocycles. The van der Waals surface area contributed by atoms with Crippen LogP contribution in [0.3, 0.4) is 0 Å². The molecule has 0 radical (unpaired) electrons. The van der Waals surface area contributed by atoms with E-state index in [1.807, 2.05) is 17.7 Å². The lowest BCUT2D eigenvalue weighted by Gasteiger charge is -1.98. The Hall–Kier alpha value is -1.68. The van der Waals surface area contributed by atoms with Gasteiger partial charge in [-0.25, -0.2) is 4.98 Å². The molecule has 0 aliphatic carbocycles. The largest absolute Gasteiger partial charge is 0.388 e. The quantitative estimate of drug-likeness (QED) is 0.749. The Morgan fingerprint density at radius 3 is 2.87 bits per heavy atom. The fourth-order valence-corrected chi connectivity index (χ4v) is 1.61. The van der Waals surface area contributed by atoms with E-state index in [2.05, 4.69) is 4.98 Å². The third-order valence-corrected chi connectivity index (χ3v) is 2.52. The lowest BCUT2D eigenvalue weighted by Crippen LogP contribution is -1.96. The minimum Gasteiger partial charge on any atom is -0.388 e. The highest BCUT2D eigenvalue weighted by Gasteiger charge is 2.08. The van der Waals surface area contributed by atoms with Gasteiger partial charge in [0.15, 0.2) is 5.78 Å². The van der Waals surface area contributed by atoms with Gasteiger partial charge in [-0.2, -0.15) is 0 Å². The van der Waals surface area contributed by atoms with E-state index in [1.54, 1.807) is 12.1 Å². The van der Waals surface area contributed by atoms with E-state index < -0.39 is 0 Å². The number of ketones is 1. The molecule has 4 heteroatoms. The maximum Gasteiger partial charge on any atom is 0.159 e. The zero-order valence-electron chi connectivity index (χ0n) is 8.69. The molecule has 2 rings (SSSR count). The smallest absolute Gasteiger partial charge is 0.159 e. The summed E-state index contributed by atoms with van der Waals surface area (Å²) in [7, 11) is 1.84. The van der Waals surface area contributed by atoms with Crippen molar-refractivity contribution in [2.45, 2.75) is 13.5 Å². The predicted octanol–water partition coefficient (Wildman–Crippen LogP) is 1.27. The van der Waals surface area contributed by atoms with Crippen molar-refractivity contribution in [1.82, 2.24) is 9.55 Å². The molecule has 0 saturated heterocycles. The van der Waals surface area contributed by atoms with Gasteiger partial charge in [0.25, 0.3) is 0 Å². The van der Waals surface area contributed by atoms with E-state index in [0.717, 1.165) is 11.0 Å². The van der Waals surface area contributed by atoms with Crippen molar-refractivity contribution in [1.29, 1.82) is 0 Å². The van der Waals surface area contributed by atoms with Crippen LogP contribution >= 0.6 is 0 Å². The lowest BCUT2D eigenvalue weighted by atomic mass is 10.1. The second-order valence-electron chi connectivity index (χ2n) is 3.50. The summed E-state index contributed by atoms with van der Waals surface area (Å²) in [4.78, 5) is 15.4. The Bertz CT molecular complexity index is 529. The fourth-order valence-electron chi connectivity index (χ4n) is 1.61. The standard InChI is InChI=1S/C11H12N2O2/c1-7(15)8-3-4-10-9(5-8)12-11(6-14)13(10)2/h3-5,14H,6H2,1-2H3. The van der Waals surface area contributed by atoms with Gasteiger partial charge in [0.05, 0.1) is 11.0 Å². The SMILES string of the molecule is CC(=O)c1ccc2c(c1)nc(CO)n2C. The van der Waals surface area contributed by atoms with Crippen LogP contribution in [0.4, 0.5) is 0 Å². The summed E-state index contributed by atoms with van der Waals surface area (Å²) in [6, 6.07) is 5.36. The Balaban J connectivity index is 2.68. The summed E-state index contributed by atoms with van der Waals surface area (Å²) in [5, 5.41) is 9.05. The first-order valence-electron chi connectivity index (χ1n) is 4.70. The van der Waals surface area contributed by atoms with Crippen LogP contribution in [0.5, 0.6) is 0 Å². The maximum absolute atomic E-state index is 11.2. The van der Waals surface area contributed by atoms with Gasteiger partial charge in [-0.3, -0.25) is 4.79 Å². The molecule has 1 N–H and O–H groups in total. The first kappa shape index (κ1) is 9.86. The highest BCUT2D eigenvalue weighted by molar-refractivity contribution is 5.97. The number of fused-ring (bicyclic) bond motifs is 1. The Morgan fingerprint density at radius 2 is 2.27 bits per heavy atom. The number of aliphatic hydroxyl groups excluding tert-OH is 1. The van der Waals surface area contributed by atoms with Gasteiger partial charge in [0.1, 0.15) is 12.4 Å². The molecule has 0 amide bonds. The molecule has 1 aromatic carbocycles. The first-order valence-corrected chi connectivity index (χ1v) is 4.70. The number of carbonyl (C=O) groups is 1. The van der Waals surface area contributed by atoms with Crippen molar-refractivity contribution < 1.29 is 9.90 Å². The lowest BCUT2D eigenvalue weighted by molar-refractivity contribution is 0.101. The Kier molecular flexibility index (Phi) is 2.28. The molecule has 0 unspecified atom stereocenters. The van der Waals surface area contributed by atoms with E-state index in [0.29, 0.717) is 11.4 Å². The van der Waals surface area contributed by atoms with Gasteiger partial charge >= 0.3 is 0 Å². The van der Waals surface area contributed by atoms with Crippen LogP contribution in [-0.2, 0) is 13.7 Å². The van der Waals surface area contributed by atoms with Gasteiger partial charge < -0.3 is 9.67 Å². The summed E-state index contributed by atoms with van der Waals surface area (Å²) >= 11 is 0. The molecule has 1 heterocycles. The molecular formula is C11H12N2O2. The number of hydrogen-bond donors (Lipinski definition) is 1. The first-order chi connectivity index (χ1) is 7.13. The minimum absolute atomic E-state index is 0.0214. The van der Waals surface area contributed by atoms with Crippen LogP contribution in [0, 0.1) is 0 Å². The van der Waals surface area contributed by atoms with Crippen molar-refractivity contribution in [3.05, 3.63) is 29.6 Å². The molecule has 2 aromatic rings. The van der Waals surface area contributed by atoms with E-state index >= 15 is 0 Å². The Morgan fingerprint density at radius 1 is 1.53 bits per heavy atom. The van der Waals surface area contributed by atoms with Crippen molar-refractivity contribution >= 4 is 16.8 Å². The van der Waals surface area contributed by atoms with Gasteiger partial charge in [-0.1, -0.05) is 0 Å². The molecule has 0 atom stereocenters. The molecule has 1 aromatic heterocycles. The summed E-state index contributed by atoms with van der Waals surface area (Å²) < 4.78 is 1.82. The fraction of sp³-hybridized carbons (Fsp3) is 0.273. The van der Waals surface area contributed by atoms with Crippen LogP contribution in [0.15, 0.2) is 18.2 Å². The van der Waals surface area contributed by atoms with Crippen LogP contribution in [-0.4, -0.2) is 20.4 Å². The number of Topliss-reactive ketones (excluding diaryl/α,β-unsaturated/α-hetero) is 1. The summed E-state index contributed by atoms with van der Waals surface area (Å²) in [5.41, 5.74) is 2.31. The van der Waals surface area contributed by atoms with E-state index in [-0.39, 0.29) is 12.4 Å². The zero-order chi connectivity index (χ0) is 11.0. The normalized spacial score (nSPS) is 10.9. The monoisotopic (exact) mass is 204 g/mol. The van der Waals surface area contributed by atoms with Gasteiger partial charge in [-0.05, 0) is 25.1 Å². The second kappa shape index (κ2) is 3.47. The number of aliphatic hydroxyl groups is 1. The summed E-state index contributed by atoms with van der Waals surface area (Å²) in [6.45, 7) is 1.43. The third-order valence-electron chi connectivity index (χ3n) is 2.52. The number of hydrogen-bond acceptors (Lipinski definition) is 3. The molecule has 4 nitrogen and oxygen atoms in total. The predicted molar refractivity (Wildman–Crippen MR) is 56.6 cm³/mol. The minimum atomic E-state index is -0.0966. The van der Waals surface area contributed by atoms with Crippen LogP contribution in [0.25, 0.3) is 11.0 Å². The van der Waals surface area contributed by atoms with Crippen LogP contribution in [0.2, 0.25) is 0 Å². The molecule has 0 fully saturated rings. The number of nitrogens with zero attached hydrogens (tertiary/aromatic N) is 2. The molecule has 0 aliphatic rings. The summed E-state index contributed by atoms with van der Waals surface area (Å²) in [5.74, 6) is 0.624. The van der Waals surface area contributed by atoms with E-state index in [9.17, 15) is 4.79 Å². The number of imidazole rings is 1. The second-order valence-corrected chi connectivity index (χ2v) is 3.50. The molecule has 78 valence electrons. The zero-order valence-corrected chi connectivity index (χ0v) is 8.69. The third kappa shape index (κ3) is 1.53. The maximum atomic E-state index is 11.2. The number of rotatable bonds is 2. The van der Waals surface area contributed by atoms with Crippen LogP contribution < -0.4 is 0 Å². The molecule has 0 spiro atoms. The van der Waals surface area contributed by atoms with Gasteiger partial charge in [0, 0.05) is 12.6 Å². The molecule has 0 aliphatic heterocycles. The van der Waals surface area contributed by atoms with Crippen molar-refractivity contribution in [2.75, 3.05) is 0 Å². The highest BCUT2D eigenvalue weighted by atomic mass is 16.3. The average molecular weight is 204 g/mol. The van der Waals surface area contributed by atoms with Gasteiger partial charge in [0.2, 0.25) is 0 Å². The molecule has 15 heavy (non-hydrogen) atoms. The van der Waals surface area contributed by atoms with Crippen LogP contribution in [0.1, 0.15) is 23.1 Å². The van der Waals surface area contributed by atoms with Crippen molar-refractivity contribution in [3.8, 4) is 0 Å². The average Bonchev–Trinajstić information content (AvgIpc) is 2.55. The van der Waals surface area contributed by atoms with Crippen molar-refractivity contribution in [3.63, 3.8) is 0 Å². The van der Waals surface area contributed by atoms with Crippen molar-refractivity contribution in [2.24, 2.45) is 7.05 Å².